The van der Waals surface area contributed by atoms with Gasteiger partial charge >= 0.3 is 5.97 Å². The summed E-state index contributed by atoms with van der Waals surface area (Å²) in [6.07, 6.45) is 0. The van der Waals surface area contributed by atoms with Crippen molar-refractivity contribution in [3.05, 3.63) is 75.8 Å². The van der Waals surface area contributed by atoms with Gasteiger partial charge in [0.25, 0.3) is 0 Å². The van der Waals surface area contributed by atoms with Gasteiger partial charge in [-0.25, -0.2) is 4.79 Å². The second-order valence-corrected chi connectivity index (χ2v) is 5.57. The van der Waals surface area contributed by atoms with Crippen LogP contribution in [0.5, 0.6) is 0 Å². The molecule has 0 radical (unpaired) electrons. The maximum Gasteiger partial charge on any atom is 0.344 e. The first-order valence-corrected chi connectivity index (χ1v) is 7.84. The number of hydrogen-bond donors (Lipinski definition) is 2. The largest absolute Gasteiger partial charge is 0.506 e. The van der Waals surface area contributed by atoms with Gasteiger partial charge in [-0.1, -0.05) is 53.6 Å². The lowest BCUT2D eigenvalue weighted by atomic mass is 9.98. The number of carbonyl (C=O) groups is 1. The number of aliphatic hydroxyl groups is 1. The van der Waals surface area contributed by atoms with Gasteiger partial charge in [0.2, 0.25) is 0 Å². The maximum atomic E-state index is 12.3. The number of esters is 1. The first kappa shape index (κ1) is 17.8. The lowest BCUT2D eigenvalue weighted by molar-refractivity contribution is -0.137. The first-order valence-electron chi connectivity index (χ1n) is 7.47. The van der Waals surface area contributed by atoms with E-state index in [0.29, 0.717) is 5.56 Å². The molecule has 0 unspecified atom stereocenters. The molecule has 2 N–H and O–H groups in total. The minimum Gasteiger partial charge on any atom is -0.506 e. The van der Waals surface area contributed by atoms with Gasteiger partial charge in [-0.15, -0.1) is 0 Å². The highest BCUT2D eigenvalue weighted by molar-refractivity contribution is 6.34. The van der Waals surface area contributed by atoms with Crippen molar-refractivity contribution in [2.45, 2.75) is 13.8 Å². The molecule has 0 aliphatic rings. The van der Waals surface area contributed by atoms with E-state index in [9.17, 15) is 9.90 Å². The zero-order chi connectivity index (χ0) is 17.7. The van der Waals surface area contributed by atoms with Gasteiger partial charge in [-0.2, -0.15) is 0 Å². The summed E-state index contributed by atoms with van der Waals surface area (Å²) in [6, 6.07) is 13.7. The molecule has 2 aromatic rings. The van der Waals surface area contributed by atoms with E-state index in [1.54, 1.807) is 43.3 Å². The third-order valence-electron chi connectivity index (χ3n) is 3.44. The van der Waals surface area contributed by atoms with E-state index in [4.69, 9.17) is 21.7 Å². The summed E-state index contributed by atoms with van der Waals surface area (Å²) < 4.78 is 5.01. The second kappa shape index (κ2) is 7.79. The van der Waals surface area contributed by atoms with Gasteiger partial charge in [-0.05, 0) is 26.0 Å². The average Bonchev–Trinajstić information content (AvgIpc) is 2.56. The molecule has 0 saturated carbocycles. The number of aryl methyl sites for hydroxylation is 1. The molecule has 0 heterocycles. The van der Waals surface area contributed by atoms with Crippen LogP contribution in [0.25, 0.3) is 5.76 Å². The van der Waals surface area contributed by atoms with Crippen molar-refractivity contribution >= 4 is 29.0 Å². The Morgan fingerprint density at radius 2 is 1.79 bits per heavy atom. The minimum absolute atomic E-state index is 0.120. The number of aliphatic hydroxyl groups excluding tert-OH is 1. The molecule has 4 nitrogen and oxygen atoms in total. The van der Waals surface area contributed by atoms with Gasteiger partial charge in [0.15, 0.2) is 0 Å². The molecule has 0 atom stereocenters. The monoisotopic (exact) mass is 343 g/mol. The number of ether oxygens (including phenoxy) is 1. The SMILES string of the molecule is CCOC(=O)C(C(=N)c1ccc(C)cc1)=C(O)c1ccccc1Cl. The predicted octanol–water partition coefficient (Wildman–Crippen LogP) is 4.55. The zero-order valence-corrected chi connectivity index (χ0v) is 14.2. The third kappa shape index (κ3) is 3.84. The van der Waals surface area contributed by atoms with Crippen molar-refractivity contribution in [3.63, 3.8) is 0 Å². The summed E-state index contributed by atoms with van der Waals surface area (Å²) in [4.78, 5) is 12.3. The average molecular weight is 344 g/mol. The molecule has 0 aromatic heterocycles. The fraction of sp³-hybridized carbons (Fsp3) is 0.158. The van der Waals surface area contributed by atoms with E-state index in [2.05, 4.69) is 0 Å². The summed E-state index contributed by atoms with van der Waals surface area (Å²) in [7, 11) is 0. The molecular formula is C19H18ClNO3. The smallest absolute Gasteiger partial charge is 0.344 e. The first-order chi connectivity index (χ1) is 11.5. The zero-order valence-electron chi connectivity index (χ0n) is 13.5. The summed E-state index contributed by atoms with van der Waals surface area (Å²) in [5, 5.41) is 19.2. The molecule has 24 heavy (non-hydrogen) atoms. The van der Waals surface area contributed by atoms with Crippen molar-refractivity contribution in [3.8, 4) is 0 Å². The van der Waals surface area contributed by atoms with Gasteiger partial charge in [0.05, 0.1) is 17.3 Å². The Balaban J connectivity index is 2.58. The van der Waals surface area contributed by atoms with Crippen LogP contribution in [0.1, 0.15) is 23.6 Å². The molecule has 0 bridgehead atoms. The van der Waals surface area contributed by atoms with Crippen molar-refractivity contribution in [1.29, 1.82) is 5.41 Å². The molecule has 0 aliphatic carbocycles. The standard InChI is InChI=1S/C19H18ClNO3/c1-3-24-19(23)16(17(21)13-10-8-12(2)9-11-13)18(22)14-6-4-5-7-15(14)20/h4-11,21-22H,3H2,1-2H3. The third-order valence-corrected chi connectivity index (χ3v) is 3.77. The Hall–Kier alpha value is -2.59. The van der Waals surface area contributed by atoms with Crippen LogP contribution in [-0.2, 0) is 9.53 Å². The van der Waals surface area contributed by atoms with Crippen molar-refractivity contribution < 1.29 is 14.6 Å². The molecule has 2 rings (SSSR count). The predicted molar refractivity (Wildman–Crippen MR) is 95.6 cm³/mol. The number of halogens is 1. The number of nitrogens with one attached hydrogen (secondary N) is 1. The van der Waals surface area contributed by atoms with Gasteiger partial charge < -0.3 is 9.84 Å². The molecule has 0 spiro atoms. The highest BCUT2D eigenvalue weighted by atomic mass is 35.5. The molecule has 0 saturated heterocycles. The number of carbonyl (C=O) groups excluding carboxylic acids is 1. The maximum absolute atomic E-state index is 12.3. The van der Waals surface area contributed by atoms with Crippen LogP contribution >= 0.6 is 11.6 Å². The Bertz CT molecular complexity index is 795. The van der Waals surface area contributed by atoms with Crippen LogP contribution < -0.4 is 0 Å². The highest BCUT2D eigenvalue weighted by Crippen LogP contribution is 2.26. The van der Waals surface area contributed by atoms with E-state index in [-0.39, 0.29) is 34.2 Å². The lowest BCUT2D eigenvalue weighted by Gasteiger charge is -2.13. The molecule has 5 heteroatoms. The number of benzene rings is 2. The minimum atomic E-state index is -0.763. The molecule has 124 valence electrons. The van der Waals surface area contributed by atoms with E-state index >= 15 is 0 Å². The van der Waals surface area contributed by atoms with Gasteiger partial charge in [-0.3, -0.25) is 5.41 Å². The second-order valence-electron chi connectivity index (χ2n) is 5.16. The van der Waals surface area contributed by atoms with Crippen LogP contribution in [0.2, 0.25) is 5.02 Å². The van der Waals surface area contributed by atoms with Crippen LogP contribution in [0.15, 0.2) is 54.1 Å². The van der Waals surface area contributed by atoms with Crippen LogP contribution in [0.3, 0.4) is 0 Å². The van der Waals surface area contributed by atoms with E-state index in [1.807, 2.05) is 19.1 Å². The topological polar surface area (TPSA) is 70.4 Å². The van der Waals surface area contributed by atoms with E-state index < -0.39 is 5.97 Å². The fourth-order valence-electron chi connectivity index (χ4n) is 2.17. The van der Waals surface area contributed by atoms with Crippen molar-refractivity contribution in [2.75, 3.05) is 6.61 Å². The fourth-order valence-corrected chi connectivity index (χ4v) is 2.40. The Morgan fingerprint density at radius 1 is 1.17 bits per heavy atom. The number of rotatable bonds is 5. The van der Waals surface area contributed by atoms with Crippen LogP contribution in [-0.4, -0.2) is 23.4 Å². The molecule has 0 amide bonds. The summed E-state index contributed by atoms with van der Waals surface area (Å²) in [6.45, 7) is 3.73. The quantitative estimate of drug-likeness (QED) is 0.362. The molecule has 0 aliphatic heterocycles. The Kier molecular flexibility index (Phi) is 5.77. The molecular weight excluding hydrogens is 326 g/mol. The Morgan fingerprint density at radius 3 is 2.38 bits per heavy atom. The van der Waals surface area contributed by atoms with Crippen LogP contribution in [0.4, 0.5) is 0 Å². The normalized spacial score (nSPS) is 11.6. The Labute approximate surface area is 145 Å². The van der Waals surface area contributed by atoms with Crippen LogP contribution in [0, 0.1) is 12.3 Å². The summed E-state index contributed by atoms with van der Waals surface area (Å²) in [5.41, 5.74) is 1.48. The molecule has 0 fully saturated rings. The van der Waals surface area contributed by atoms with Crippen molar-refractivity contribution in [1.82, 2.24) is 0 Å². The van der Waals surface area contributed by atoms with Gasteiger partial charge in [0, 0.05) is 11.1 Å². The van der Waals surface area contributed by atoms with Gasteiger partial charge in [0.1, 0.15) is 11.3 Å². The summed E-state index contributed by atoms with van der Waals surface area (Å²) >= 11 is 6.10. The molecule has 2 aromatic carbocycles. The van der Waals surface area contributed by atoms with E-state index in [0.717, 1.165) is 5.56 Å². The summed E-state index contributed by atoms with van der Waals surface area (Å²) in [5.74, 6) is -1.13. The van der Waals surface area contributed by atoms with E-state index in [1.165, 1.54) is 0 Å². The lowest BCUT2D eigenvalue weighted by Crippen LogP contribution is -2.18. The number of hydrogen-bond acceptors (Lipinski definition) is 4. The highest BCUT2D eigenvalue weighted by Gasteiger charge is 2.24. The van der Waals surface area contributed by atoms with Crippen molar-refractivity contribution in [2.24, 2.45) is 0 Å².